The topological polar surface area (TPSA) is 56.8 Å². The van der Waals surface area contributed by atoms with Crippen molar-refractivity contribution in [2.45, 2.75) is 25.4 Å². The summed E-state index contributed by atoms with van der Waals surface area (Å²) in [6, 6.07) is 15.9. The molecule has 1 N–H and O–H groups in total. The van der Waals surface area contributed by atoms with Crippen LogP contribution in [0.25, 0.3) is 0 Å². The molecule has 25 heavy (non-hydrogen) atoms. The Morgan fingerprint density at radius 3 is 2.68 bits per heavy atom. The lowest BCUT2D eigenvalue weighted by molar-refractivity contribution is -0.00293. The van der Waals surface area contributed by atoms with Gasteiger partial charge in [-0.1, -0.05) is 36.4 Å². The van der Waals surface area contributed by atoms with Gasteiger partial charge in [-0.3, -0.25) is 0 Å². The van der Waals surface area contributed by atoms with Gasteiger partial charge in [-0.05, 0) is 30.2 Å². The van der Waals surface area contributed by atoms with Crippen LogP contribution in [0.4, 0.5) is 4.79 Å². The van der Waals surface area contributed by atoms with E-state index in [9.17, 15) is 4.79 Å². The summed E-state index contributed by atoms with van der Waals surface area (Å²) in [5, 5.41) is 2.68. The van der Waals surface area contributed by atoms with Crippen molar-refractivity contribution in [1.29, 1.82) is 0 Å². The molecule has 0 bridgehead atoms. The molecule has 0 spiro atoms. The summed E-state index contributed by atoms with van der Waals surface area (Å²) in [6.07, 6.45) is 1.12. The maximum absolute atomic E-state index is 11.6. The molecule has 1 aliphatic rings. The van der Waals surface area contributed by atoms with E-state index >= 15 is 0 Å². The highest BCUT2D eigenvalue weighted by Gasteiger charge is 2.35. The van der Waals surface area contributed by atoms with Crippen molar-refractivity contribution in [1.82, 2.24) is 5.32 Å². The highest BCUT2D eigenvalue weighted by Crippen LogP contribution is 2.37. The number of amides is 1. The van der Waals surface area contributed by atoms with Gasteiger partial charge in [0, 0.05) is 19.4 Å². The largest absolute Gasteiger partial charge is 0.493 e. The number of benzene rings is 2. The maximum Gasteiger partial charge on any atom is 0.408 e. The van der Waals surface area contributed by atoms with Crippen molar-refractivity contribution < 1.29 is 19.0 Å². The summed E-state index contributed by atoms with van der Waals surface area (Å²) < 4.78 is 16.9. The van der Waals surface area contributed by atoms with Gasteiger partial charge < -0.3 is 19.5 Å². The number of cyclic esters (lactones) is 1. The van der Waals surface area contributed by atoms with Crippen molar-refractivity contribution >= 4 is 6.09 Å². The zero-order valence-corrected chi connectivity index (χ0v) is 14.6. The number of carbonyl (C=O) groups excluding carboxylic acids is 1. The van der Waals surface area contributed by atoms with Gasteiger partial charge in [0.15, 0.2) is 11.5 Å². The van der Waals surface area contributed by atoms with E-state index in [0.717, 1.165) is 12.0 Å². The fourth-order valence-electron chi connectivity index (χ4n) is 2.94. The van der Waals surface area contributed by atoms with Crippen LogP contribution in [-0.4, -0.2) is 26.4 Å². The van der Waals surface area contributed by atoms with Gasteiger partial charge >= 0.3 is 6.09 Å². The minimum absolute atomic E-state index is 0.392. The lowest BCUT2D eigenvalue weighted by atomic mass is 9.91. The standard InChI is InChI=1S/C20H23NO4/c1-20(11-12-21-19(22)25-20)16-8-9-17(23-2)18(14-16)24-13-10-15-6-4-3-5-7-15/h3-9,14H,10-13H2,1-2H3,(H,21,22). The zero-order chi connectivity index (χ0) is 17.7. The Morgan fingerprint density at radius 2 is 1.96 bits per heavy atom. The van der Waals surface area contributed by atoms with Crippen LogP contribution < -0.4 is 14.8 Å². The normalized spacial score (nSPS) is 19.7. The number of hydrogen-bond donors (Lipinski definition) is 1. The second kappa shape index (κ2) is 7.47. The Bertz CT molecular complexity index is 732. The van der Waals surface area contributed by atoms with Crippen LogP contribution in [-0.2, 0) is 16.8 Å². The first-order chi connectivity index (χ1) is 12.1. The number of alkyl carbamates (subject to hydrolysis) is 1. The number of nitrogens with one attached hydrogen (secondary N) is 1. The fraction of sp³-hybridized carbons (Fsp3) is 0.350. The molecule has 2 aromatic rings. The number of carbonyl (C=O) groups is 1. The first kappa shape index (κ1) is 17.1. The second-order valence-electron chi connectivity index (χ2n) is 6.25. The third-order valence-electron chi connectivity index (χ3n) is 4.45. The smallest absolute Gasteiger partial charge is 0.408 e. The summed E-state index contributed by atoms with van der Waals surface area (Å²) in [5.41, 5.74) is 1.46. The quantitative estimate of drug-likeness (QED) is 0.871. The van der Waals surface area contributed by atoms with Crippen LogP contribution >= 0.6 is 0 Å². The van der Waals surface area contributed by atoms with E-state index in [4.69, 9.17) is 14.2 Å². The van der Waals surface area contributed by atoms with Crippen molar-refractivity contribution in [2.24, 2.45) is 0 Å². The fourth-order valence-corrected chi connectivity index (χ4v) is 2.94. The molecule has 1 atom stereocenters. The molecule has 0 saturated carbocycles. The Kier molecular flexibility index (Phi) is 5.12. The minimum atomic E-state index is -0.661. The van der Waals surface area contributed by atoms with E-state index in [1.165, 1.54) is 5.56 Å². The highest BCUT2D eigenvalue weighted by atomic mass is 16.6. The van der Waals surface area contributed by atoms with Gasteiger partial charge in [0.1, 0.15) is 5.60 Å². The molecule has 3 rings (SSSR count). The number of methoxy groups -OCH3 is 1. The summed E-state index contributed by atoms with van der Waals surface area (Å²) >= 11 is 0. The molecule has 1 aliphatic heterocycles. The Morgan fingerprint density at radius 1 is 1.16 bits per heavy atom. The first-order valence-corrected chi connectivity index (χ1v) is 8.43. The van der Waals surface area contributed by atoms with E-state index in [1.54, 1.807) is 7.11 Å². The molecule has 2 aromatic carbocycles. The molecule has 132 valence electrons. The van der Waals surface area contributed by atoms with E-state index in [-0.39, 0.29) is 0 Å². The molecular weight excluding hydrogens is 318 g/mol. The molecule has 0 aromatic heterocycles. The van der Waals surface area contributed by atoms with E-state index in [0.29, 0.717) is 31.1 Å². The summed E-state index contributed by atoms with van der Waals surface area (Å²) in [4.78, 5) is 11.6. The lowest BCUT2D eigenvalue weighted by Crippen LogP contribution is -2.43. The third-order valence-corrected chi connectivity index (χ3v) is 4.45. The highest BCUT2D eigenvalue weighted by molar-refractivity contribution is 5.69. The Labute approximate surface area is 147 Å². The lowest BCUT2D eigenvalue weighted by Gasteiger charge is -2.34. The molecule has 5 heteroatoms. The molecule has 1 unspecified atom stereocenters. The van der Waals surface area contributed by atoms with Crippen molar-refractivity contribution in [3.63, 3.8) is 0 Å². The average molecular weight is 341 g/mol. The van der Waals surface area contributed by atoms with Gasteiger partial charge in [-0.15, -0.1) is 0 Å². The maximum atomic E-state index is 11.6. The average Bonchev–Trinajstić information content (AvgIpc) is 2.62. The monoisotopic (exact) mass is 341 g/mol. The Hall–Kier alpha value is -2.69. The van der Waals surface area contributed by atoms with E-state index < -0.39 is 11.7 Å². The third kappa shape index (κ3) is 4.05. The second-order valence-corrected chi connectivity index (χ2v) is 6.25. The summed E-state index contributed by atoms with van der Waals surface area (Å²) in [7, 11) is 1.62. The van der Waals surface area contributed by atoms with Crippen molar-refractivity contribution in [2.75, 3.05) is 20.3 Å². The van der Waals surface area contributed by atoms with Gasteiger partial charge in [0.25, 0.3) is 0 Å². The van der Waals surface area contributed by atoms with Crippen LogP contribution in [0.1, 0.15) is 24.5 Å². The van der Waals surface area contributed by atoms with Crippen LogP contribution in [0.2, 0.25) is 0 Å². The molecule has 0 radical (unpaired) electrons. The van der Waals surface area contributed by atoms with Crippen LogP contribution in [0.15, 0.2) is 48.5 Å². The molecular formula is C20H23NO4. The molecule has 5 nitrogen and oxygen atoms in total. The predicted molar refractivity (Wildman–Crippen MR) is 95.1 cm³/mol. The SMILES string of the molecule is COc1ccc(C2(C)CCNC(=O)O2)cc1OCCc1ccccc1. The molecule has 0 aliphatic carbocycles. The summed E-state index contributed by atoms with van der Waals surface area (Å²) in [5.74, 6) is 1.33. The molecule has 1 amide bonds. The van der Waals surface area contributed by atoms with Crippen molar-refractivity contribution in [3.8, 4) is 11.5 Å². The van der Waals surface area contributed by atoms with Gasteiger partial charge in [0.05, 0.1) is 13.7 Å². The molecule has 1 saturated heterocycles. The van der Waals surface area contributed by atoms with Crippen LogP contribution in [0.5, 0.6) is 11.5 Å². The van der Waals surface area contributed by atoms with Crippen molar-refractivity contribution in [3.05, 3.63) is 59.7 Å². The number of hydrogen-bond acceptors (Lipinski definition) is 4. The van der Waals surface area contributed by atoms with Crippen LogP contribution in [0.3, 0.4) is 0 Å². The molecule has 1 fully saturated rings. The van der Waals surface area contributed by atoms with Gasteiger partial charge in [-0.2, -0.15) is 0 Å². The minimum Gasteiger partial charge on any atom is -0.493 e. The number of rotatable bonds is 6. The predicted octanol–water partition coefficient (Wildman–Crippen LogP) is 3.66. The van der Waals surface area contributed by atoms with E-state index in [1.807, 2.05) is 43.3 Å². The number of ether oxygens (including phenoxy) is 3. The molecule has 1 heterocycles. The first-order valence-electron chi connectivity index (χ1n) is 8.43. The Balaban J connectivity index is 1.74. The van der Waals surface area contributed by atoms with Crippen LogP contribution in [0, 0.1) is 0 Å². The summed E-state index contributed by atoms with van der Waals surface area (Å²) in [6.45, 7) is 3.05. The van der Waals surface area contributed by atoms with E-state index in [2.05, 4.69) is 17.4 Å². The van der Waals surface area contributed by atoms with Gasteiger partial charge in [0.2, 0.25) is 0 Å². The van der Waals surface area contributed by atoms with Gasteiger partial charge in [-0.25, -0.2) is 4.79 Å². The zero-order valence-electron chi connectivity index (χ0n) is 14.6.